The third kappa shape index (κ3) is 3.17. The molecule has 1 atom stereocenters. The van der Waals surface area contributed by atoms with Gasteiger partial charge in [0.25, 0.3) is 0 Å². The van der Waals surface area contributed by atoms with E-state index in [1.165, 1.54) is 6.92 Å². The van der Waals surface area contributed by atoms with Crippen molar-refractivity contribution in [3.8, 4) is 0 Å². The van der Waals surface area contributed by atoms with Crippen LogP contribution in [-0.4, -0.2) is 12.6 Å². The first-order valence-electron chi connectivity index (χ1n) is 4.50. The van der Waals surface area contributed by atoms with Crippen molar-refractivity contribution in [2.75, 3.05) is 6.67 Å². The number of esters is 1. The Labute approximate surface area is 82.7 Å². The number of alkyl halides is 1. The minimum atomic E-state index is -0.673. The van der Waals surface area contributed by atoms with Gasteiger partial charge in [0.1, 0.15) is 13.3 Å². The third-order valence-corrected chi connectivity index (χ3v) is 1.86. The minimum Gasteiger partial charge on any atom is -0.461 e. The van der Waals surface area contributed by atoms with Gasteiger partial charge in [-0.1, -0.05) is 30.3 Å². The minimum absolute atomic E-state index is 0.212. The van der Waals surface area contributed by atoms with E-state index in [2.05, 4.69) is 0 Å². The van der Waals surface area contributed by atoms with E-state index in [4.69, 9.17) is 4.74 Å². The molecule has 0 radical (unpaired) electrons. The molecular formula is C11H13FO2. The maximum atomic E-state index is 12.1. The molecular weight excluding hydrogens is 183 g/mol. The van der Waals surface area contributed by atoms with Crippen LogP contribution in [0.2, 0.25) is 0 Å². The van der Waals surface area contributed by atoms with E-state index in [0.717, 1.165) is 5.56 Å². The van der Waals surface area contributed by atoms with Crippen LogP contribution in [0.4, 0.5) is 4.39 Å². The molecule has 0 saturated heterocycles. The lowest BCUT2D eigenvalue weighted by Gasteiger charge is -2.07. The van der Waals surface area contributed by atoms with Crippen LogP contribution in [0.15, 0.2) is 30.3 Å². The first-order chi connectivity index (χ1) is 6.74. The molecule has 1 unspecified atom stereocenters. The molecule has 0 saturated carbocycles. The average molecular weight is 196 g/mol. The molecule has 0 aromatic heterocycles. The van der Waals surface area contributed by atoms with Crippen LogP contribution in [-0.2, 0) is 16.1 Å². The lowest BCUT2D eigenvalue weighted by atomic mass is 10.2. The summed E-state index contributed by atoms with van der Waals surface area (Å²) in [7, 11) is 0. The molecule has 14 heavy (non-hydrogen) atoms. The molecule has 0 aliphatic carbocycles. The second-order valence-corrected chi connectivity index (χ2v) is 3.15. The van der Waals surface area contributed by atoms with E-state index in [-0.39, 0.29) is 6.61 Å². The van der Waals surface area contributed by atoms with Crippen molar-refractivity contribution >= 4 is 5.97 Å². The van der Waals surface area contributed by atoms with Crippen molar-refractivity contribution in [2.45, 2.75) is 13.5 Å². The summed E-state index contributed by atoms with van der Waals surface area (Å²) in [5.41, 5.74) is 0.909. The van der Waals surface area contributed by atoms with Crippen molar-refractivity contribution in [3.05, 3.63) is 35.9 Å². The van der Waals surface area contributed by atoms with Gasteiger partial charge in [-0.3, -0.25) is 9.18 Å². The molecule has 0 N–H and O–H groups in total. The standard InChI is InChI=1S/C11H13FO2/c1-9(7-12)11(13)14-8-10-5-3-2-4-6-10/h2-6,9H,7-8H2,1H3. The van der Waals surface area contributed by atoms with Crippen LogP contribution in [0.1, 0.15) is 12.5 Å². The van der Waals surface area contributed by atoms with Gasteiger partial charge in [-0.05, 0) is 12.5 Å². The van der Waals surface area contributed by atoms with Crippen molar-refractivity contribution in [1.29, 1.82) is 0 Å². The highest BCUT2D eigenvalue weighted by Crippen LogP contribution is 2.04. The number of ether oxygens (including phenoxy) is 1. The third-order valence-electron chi connectivity index (χ3n) is 1.86. The zero-order valence-electron chi connectivity index (χ0n) is 8.07. The van der Waals surface area contributed by atoms with Crippen LogP contribution in [0.3, 0.4) is 0 Å². The molecule has 0 heterocycles. The Morgan fingerprint density at radius 3 is 2.64 bits per heavy atom. The second-order valence-electron chi connectivity index (χ2n) is 3.15. The van der Waals surface area contributed by atoms with Crippen molar-refractivity contribution in [2.24, 2.45) is 5.92 Å². The number of hydrogen-bond donors (Lipinski definition) is 0. The Bertz CT molecular complexity index is 285. The first kappa shape index (κ1) is 10.7. The zero-order chi connectivity index (χ0) is 10.4. The number of rotatable bonds is 4. The summed E-state index contributed by atoms with van der Waals surface area (Å²) in [4.78, 5) is 11.1. The Morgan fingerprint density at radius 1 is 1.43 bits per heavy atom. The zero-order valence-corrected chi connectivity index (χ0v) is 8.07. The van der Waals surface area contributed by atoms with Gasteiger partial charge in [0.2, 0.25) is 0 Å². The van der Waals surface area contributed by atoms with Crippen LogP contribution < -0.4 is 0 Å². The molecule has 0 aliphatic heterocycles. The predicted octanol–water partition coefficient (Wildman–Crippen LogP) is 2.34. The summed E-state index contributed by atoms with van der Waals surface area (Å²) in [6, 6.07) is 9.32. The van der Waals surface area contributed by atoms with Crippen molar-refractivity contribution in [1.82, 2.24) is 0 Å². The summed E-state index contributed by atoms with van der Waals surface area (Å²) in [5, 5.41) is 0. The molecule has 0 fully saturated rings. The maximum absolute atomic E-state index is 12.1. The fourth-order valence-electron chi connectivity index (χ4n) is 0.934. The normalized spacial score (nSPS) is 12.1. The number of carbonyl (C=O) groups is 1. The number of hydrogen-bond acceptors (Lipinski definition) is 2. The molecule has 1 aromatic rings. The van der Waals surface area contributed by atoms with Gasteiger partial charge in [-0.2, -0.15) is 0 Å². The van der Waals surface area contributed by atoms with E-state index in [1.54, 1.807) is 0 Å². The summed E-state index contributed by atoms with van der Waals surface area (Å²) in [6.07, 6.45) is 0. The quantitative estimate of drug-likeness (QED) is 0.691. The summed E-state index contributed by atoms with van der Waals surface area (Å²) in [6.45, 7) is 1.05. The molecule has 76 valence electrons. The fourth-order valence-corrected chi connectivity index (χ4v) is 0.934. The van der Waals surface area contributed by atoms with Crippen LogP contribution >= 0.6 is 0 Å². The molecule has 0 bridgehead atoms. The maximum Gasteiger partial charge on any atom is 0.311 e. The Hall–Kier alpha value is -1.38. The topological polar surface area (TPSA) is 26.3 Å². The van der Waals surface area contributed by atoms with E-state index in [9.17, 15) is 9.18 Å². The number of halogens is 1. The number of benzene rings is 1. The Morgan fingerprint density at radius 2 is 2.07 bits per heavy atom. The van der Waals surface area contributed by atoms with Gasteiger partial charge in [-0.15, -0.1) is 0 Å². The van der Waals surface area contributed by atoms with E-state index < -0.39 is 18.6 Å². The van der Waals surface area contributed by atoms with Gasteiger partial charge in [0.15, 0.2) is 0 Å². The largest absolute Gasteiger partial charge is 0.461 e. The SMILES string of the molecule is CC(CF)C(=O)OCc1ccccc1. The fraction of sp³-hybridized carbons (Fsp3) is 0.364. The second kappa shape index (κ2) is 5.37. The van der Waals surface area contributed by atoms with E-state index in [0.29, 0.717) is 0 Å². The average Bonchev–Trinajstić information content (AvgIpc) is 2.26. The summed E-state index contributed by atoms with van der Waals surface area (Å²) >= 11 is 0. The highest BCUT2D eigenvalue weighted by atomic mass is 19.1. The molecule has 3 heteroatoms. The van der Waals surface area contributed by atoms with Crippen LogP contribution in [0.5, 0.6) is 0 Å². The van der Waals surface area contributed by atoms with Crippen LogP contribution in [0.25, 0.3) is 0 Å². The van der Waals surface area contributed by atoms with Crippen molar-refractivity contribution in [3.63, 3.8) is 0 Å². The highest BCUT2D eigenvalue weighted by Gasteiger charge is 2.13. The molecule has 1 aromatic carbocycles. The Balaban J connectivity index is 2.38. The van der Waals surface area contributed by atoms with Gasteiger partial charge >= 0.3 is 5.97 Å². The molecule has 0 aliphatic rings. The van der Waals surface area contributed by atoms with Crippen LogP contribution in [0, 0.1) is 5.92 Å². The van der Waals surface area contributed by atoms with Gasteiger partial charge < -0.3 is 4.74 Å². The molecule has 2 nitrogen and oxygen atoms in total. The monoisotopic (exact) mass is 196 g/mol. The lowest BCUT2D eigenvalue weighted by Crippen LogP contribution is -2.16. The lowest BCUT2D eigenvalue weighted by molar-refractivity contribution is -0.149. The molecule has 1 rings (SSSR count). The highest BCUT2D eigenvalue weighted by molar-refractivity contribution is 5.72. The molecule has 0 spiro atoms. The van der Waals surface area contributed by atoms with Gasteiger partial charge in [0.05, 0.1) is 5.92 Å². The van der Waals surface area contributed by atoms with Crippen molar-refractivity contribution < 1.29 is 13.9 Å². The Kier molecular flexibility index (Phi) is 4.11. The predicted molar refractivity (Wildman–Crippen MR) is 51.4 cm³/mol. The first-order valence-corrected chi connectivity index (χ1v) is 4.50. The summed E-state index contributed by atoms with van der Waals surface area (Å²) in [5.74, 6) is -1.16. The van der Waals surface area contributed by atoms with Gasteiger partial charge in [-0.25, -0.2) is 0 Å². The smallest absolute Gasteiger partial charge is 0.311 e. The van der Waals surface area contributed by atoms with Gasteiger partial charge in [0, 0.05) is 0 Å². The van der Waals surface area contributed by atoms with E-state index in [1.807, 2.05) is 30.3 Å². The molecule has 0 amide bonds. The van der Waals surface area contributed by atoms with E-state index >= 15 is 0 Å². The number of carbonyl (C=O) groups excluding carboxylic acids is 1. The summed E-state index contributed by atoms with van der Waals surface area (Å²) < 4.78 is 17.0.